The van der Waals surface area contributed by atoms with E-state index in [0.29, 0.717) is 11.6 Å². The molecule has 1 aliphatic rings. The molecule has 2 unspecified atom stereocenters. The molecule has 3 atom stereocenters. The number of amides is 1. The van der Waals surface area contributed by atoms with Gasteiger partial charge in [-0.25, -0.2) is 0 Å². The summed E-state index contributed by atoms with van der Waals surface area (Å²) >= 11 is 12.1. The summed E-state index contributed by atoms with van der Waals surface area (Å²) in [5.41, 5.74) is 1.59. The maximum atomic E-state index is 12.8. The summed E-state index contributed by atoms with van der Waals surface area (Å²) in [7, 11) is 0. The second kappa shape index (κ2) is 8.64. The van der Waals surface area contributed by atoms with Crippen LogP contribution in [0.4, 0.5) is 0 Å². The average molecular weight is 406 g/mol. The third kappa shape index (κ3) is 5.04. The Morgan fingerprint density at radius 3 is 2.26 bits per heavy atom. The summed E-state index contributed by atoms with van der Waals surface area (Å²) in [5.74, 6) is 0.0694. The van der Waals surface area contributed by atoms with Gasteiger partial charge in [-0.15, -0.1) is 0 Å². The maximum Gasteiger partial charge on any atom is 0.252 e. The van der Waals surface area contributed by atoms with Gasteiger partial charge in [-0.3, -0.25) is 4.79 Å². The summed E-state index contributed by atoms with van der Waals surface area (Å²) in [6, 6.07) is 15.6. The van der Waals surface area contributed by atoms with E-state index in [4.69, 9.17) is 27.9 Å². The van der Waals surface area contributed by atoms with Gasteiger partial charge in [0.1, 0.15) is 5.60 Å². The molecule has 5 heteroatoms. The lowest BCUT2D eigenvalue weighted by atomic mass is 9.86. The Hall–Kier alpha value is -1.55. The molecule has 27 heavy (non-hydrogen) atoms. The van der Waals surface area contributed by atoms with Gasteiger partial charge >= 0.3 is 0 Å². The van der Waals surface area contributed by atoms with E-state index in [-0.39, 0.29) is 17.9 Å². The zero-order valence-corrected chi connectivity index (χ0v) is 17.2. The number of benzene rings is 2. The molecule has 2 aromatic rings. The SMILES string of the molecule is CC(NC(=O)C1(C)CCCO1)[C@H](Cc1ccc(Cl)cc1)c1ccc(Cl)cc1. The topological polar surface area (TPSA) is 38.3 Å². The molecule has 144 valence electrons. The van der Waals surface area contributed by atoms with E-state index in [0.717, 1.165) is 29.8 Å². The molecule has 0 saturated carbocycles. The van der Waals surface area contributed by atoms with Gasteiger partial charge in [0.25, 0.3) is 5.91 Å². The summed E-state index contributed by atoms with van der Waals surface area (Å²) in [6.45, 7) is 4.56. The summed E-state index contributed by atoms with van der Waals surface area (Å²) in [4.78, 5) is 12.8. The monoisotopic (exact) mass is 405 g/mol. The van der Waals surface area contributed by atoms with Gasteiger partial charge in [0, 0.05) is 28.6 Å². The Balaban J connectivity index is 1.80. The van der Waals surface area contributed by atoms with E-state index < -0.39 is 5.60 Å². The van der Waals surface area contributed by atoms with Crippen molar-refractivity contribution in [3.8, 4) is 0 Å². The second-order valence-electron chi connectivity index (χ2n) is 7.43. The first-order chi connectivity index (χ1) is 12.9. The number of carbonyl (C=O) groups excluding carboxylic acids is 1. The lowest BCUT2D eigenvalue weighted by molar-refractivity contribution is -0.140. The molecule has 1 fully saturated rings. The fraction of sp³-hybridized carbons (Fsp3) is 0.409. The van der Waals surface area contributed by atoms with Crippen LogP contribution in [0.2, 0.25) is 10.0 Å². The quantitative estimate of drug-likeness (QED) is 0.698. The van der Waals surface area contributed by atoms with Crippen molar-refractivity contribution in [1.29, 1.82) is 0 Å². The van der Waals surface area contributed by atoms with Crippen LogP contribution in [0.5, 0.6) is 0 Å². The predicted octanol–water partition coefficient (Wildman–Crippen LogP) is 5.39. The molecular weight excluding hydrogens is 381 g/mol. The molecular formula is C22H25Cl2NO2. The van der Waals surface area contributed by atoms with Crippen molar-refractivity contribution in [3.05, 3.63) is 69.7 Å². The molecule has 0 bridgehead atoms. The van der Waals surface area contributed by atoms with E-state index in [9.17, 15) is 4.79 Å². The standard InChI is InChI=1S/C22H25Cl2NO2/c1-15(25-21(26)22(2)12-3-13-27-22)20(17-6-10-19(24)11-7-17)14-16-4-8-18(23)9-5-16/h4-11,15,20H,3,12-14H2,1-2H3,(H,25,26)/t15?,20-,22?/m0/s1. The highest BCUT2D eigenvalue weighted by atomic mass is 35.5. The average Bonchev–Trinajstić information content (AvgIpc) is 3.10. The van der Waals surface area contributed by atoms with Crippen LogP contribution >= 0.6 is 23.2 Å². The highest BCUT2D eigenvalue weighted by Crippen LogP contribution is 2.29. The van der Waals surface area contributed by atoms with Gasteiger partial charge < -0.3 is 10.1 Å². The third-order valence-electron chi connectivity index (χ3n) is 5.33. The van der Waals surface area contributed by atoms with E-state index in [1.165, 1.54) is 5.56 Å². The fourth-order valence-corrected chi connectivity index (χ4v) is 3.84. The zero-order chi connectivity index (χ0) is 19.4. The van der Waals surface area contributed by atoms with Gasteiger partial charge in [0.15, 0.2) is 0 Å². The van der Waals surface area contributed by atoms with Crippen LogP contribution in [0.3, 0.4) is 0 Å². The molecule has 0 radical (unpaired) electrons. The number of hydrogen-bond donors (Lipinski definition) is 1. The minimum absolute atomic E-state index is 0.0393. The van der Waals surface area contributed by atoms with Crippen molar-refractivity contribution in [2.24, 2.45) is 0 Å². The number of nitrogens with one attached hydrogen (secondary N) is 1. The maximum absolute atomic E-state index is 12.8. The Bertz CT molecular complexity index is 768. The predicted molar refractivity (Wildman–Crippen MR) is 111 cm³/mol. The van der Waals surface area contributed by atoms with E-state index in [2.05, 4.69) is 5.32 Å². The van der Waals surface area contributed by atoms with Crippen molar-refractivity contribution in [3.63, 3.8) is 0 Å². The molecule has 1 heterocycles. The summed E-state index contributed by atoms with van der Waals surface area (Å²) in [6.07, 6.45) is 2.47. The Kier molecular flexibility index (Phi) is 6.46. The molecule has 3 rings (SSSR count). The molecule has 2 aromatic carbocycles. The largest absolute Gasteiger partial charge is 0.365 e. The van der Waals surface area contributed by atoms with Crippen LogP contribution in [-0.2, 0) is 16.0 Å². The normalized spacial score (nSPS) is 21.6. The van der Waals surface area contributed by atoms with Gasteiger partial charge in [-0.2, -0.15) is 0 Å². The van der Waals surface area contributed by atoms with Crippen LogP contribution < -0.4 is 5.32 Å². The molecule has 1 N–H and O–H groups in total. The first-order valence-electron chi connectivity index (χ1n) is 9.32. The molecule has 0 spiro atoms. The minimum atomic E-state index is -0.723. The Labute approximate surface area is 171 Å². The highest BCUT2D eigenvalue weighted by Gasteiger charge is 2.39. The number of carbonyl (C=O) groups is 1. The van der Waals surface area contributed by atoms with Gasteiger partial charge in [-0.1, -0.05) is 47.5 Å². The van der Waals surface area contributed by atoms with Crippen molar-refractivity contribution < 1.29 is 9.53 Å². The Morgan fingerprint density at radius 1 is 1.11 bits per heavy atom. The molecule has 0 aliphatic carbocycles. The van der Waals surface area contributed by atoms with E-state index in [1.807, 2.05) is 62.4 Å². The zero-order valence-electron chi connectivity index (χ0n) is 15.7. The van der Waals surface area contributed by atoms with Crippen LogP contribution in [0.25, 0.3) is 0 Å². The fourth-order valence-electron chi connectivity index (χ4n) is 3.59. The van der Waals surface area contributed by atoms with Gasteiger partial charge in [0.05, 0.1) is 0 Å². The number of rotatable bonds is 6. The highest BCUT2D eigenvalue weighted by molar-refractivity contribution is 6.30. The molecule has 0 aromatic heterocycles. The van der Waals surface area contributed by atoms with Crippen LogP contribution in [0.1, 0.15) is 43.7 Å². The smallest absolute Gasteiger partial charge is 0.252 e. The summed E-state index contributed by atoms with van der Waals surface area (Å²) < 4.78 is 5.69. The van der Waals surface area contributed by atoms with Crippen LogP contribution in [0.15, 0.2) is 48.5 Å². The second-order valence-corrected chi connectivity index (χ2v) is 8.31. The third-order valence-corrected chi connectivity index (χ3v) is 5.83. The minimum Gasteiger partial charge on any atom is -0.365 e. The van der Waals surface area contributed by atoms with E-state index in [1.54, 1.807) is 0 Å². The molecule has 1 aliphatic heterocycles. The summed E-state index contributed by atoms with van der Waals surface area (Å²) in [5, 5.41) is 4.60. The van der Waals surface area contributed by atoms with Crippen LogP contribution in [0, 0.1) is 0 Å². The first kappa shape index (κ1) is 20.2. The molecule has 1 amide bonds. The van der Waals surface area contributed by atoms with Gasteiger partial charge in [-0.05, 0) is 68.5 Å². The molecule has 3 nitrogen and oxygen atoms in total. The number of halogens is 2. The molecule has 1 saturated heterocycles. The lowest BCUT2D eigenvalue weighted by Crippen LogP contribution is -2.49. The van der Waals surface area contributed by atoms with Crippen molar-refractivity contribution in [1.82, 2.24) is 5.32 Å². The number of ether oxygens (including phenoxy) is 1. The number of hydrogen-bond acceptors (Lipinski definition) is 2. The van der Waals surface area contributed by atoms with E-state index >= 15 is 0 Å². The first-order valence-corrected chi connectivity index (χ1v) is 10.1. The van der Waals surface area contributed by atoms with Crippen molar-refractivity contribution in [2.45, 2.75) is 50.7 Å². The Morgan fingerprint density at radius 2 is 1.70 bits per heavy atom. The van der Waals surface area contributed by atoms with Crippen molar-refractivity contribution in [2.75, 3.05) is 6.61 Å². The van der Waals surface area contributed by atoms with Crippen LogP contribution in [-0.4, -0.2) is 24.2 Å². The lowest BCUT2D eigenvalue weighted by Gasteiger charge is -2.30. The van der Waals surface area contributed by atoms with Crippen molar-refractivity contribution >= 4 is 29.1 Å². The van der Waals surface area contributed by atoms with Gasteiger partial charge in [0.2, 0.25) is 0 Å².